The number of nitrogens with one attached hydrogen (secondary N) is 1. The minimum absolute atomic E-state index is 0.496. The maximum absolute atomic E-state index is 6.13. The predicted molar refractivity (Wildman–Crippen MR) is 86.5 cm³/mol. The number of rotatable bonds is 5. The molecule has 0 fully saturated rings. The van der Waals surface area contributed by atoms with Gasteiger partial charge in [0.2, 0.25) is 0 Å². The Balaban J connectivity index is 2.32. The molecular weight excluding hydrogens is 288 g/mol. The van der Waals surface area contributed by atoms with Crippen molar-refractivity contribution in [1.29, 1.82) is 0 Å². The first-order valence-electron chi connectivity index (χ1n) is 6.78. The van der Waals surface area contributed by atoms with Gasteiger partial charge in [0.1, 0.15) is 23.2 Å². The fourth-order valence-corrected chi connectivity index (χ4v) is 2.18. The summed E-state index contributed by atoms with van der Waals surface area (Å²) in [4.78, 5) is 8.80. The van der Waals surface area contributed by atoms with E-state index in [1.165, 1.54) is 0 Å². The lowest BCUT2D eigenvalue weighted by atomic mass is 10.2. The second-order valence-electron chi connectivity index (χ2n) is 4.72. The van der Waals surface area contributed by atoms with Crippen LogP contribution in [0.1, 0.15) is 24.7 Å². The number of halogens is 1. The number of aromatic nitrogens is 2. The van der Waals surface area contributed by atoms with Gasteiger partial charge in [0.05, 0.1) is 12.1 Å². The summed E-state index contributed by atoms with van der Waals surface area (Å²) in [5.41, 5.74) is 7.59. The Bertz CT molecular complexity index is 646. The first-order valence-corrected chi connectivity index (χ1v) is 7.16. The normalized spacial score (nSPS) is 10.5. The number of hydrogen-bond donors (Lipinski definition) is 2. The van der Waals surface area contributed by atoms with Gasteiger partial charge in [-0.15, -0.1) is 0 Å². The van der Waals surface area contributed by atoms with E-state index >= 15 is 0 Å². The first kappa shape index (κ1) is 15.4. The monoisotopic (exact) mass is 306 g/mol. The van der Waals surface area contributed by atoms with E-state index in [1.807, 2.05) is 13.0 Å². The molecule has 1 heterocycles. The third-order valence-electron chi connectivity index (χ3n) is 3.12. The second-order valence-corrected chi connectivity index (χ2v) is 5.13. The second kappa shape index (κ2) is 6.63. The third kappa shape index (κ3) is 3.55. The van der Waals surface area contributed by atoms with E-state index in [0.29, 0.717) is 22.4 Å². The molecule has 0 bridgehead atoms. The average molecular weight is 307 g/mol. The number of hydrogen-bond acceptors (Lipinski definition) is 5. The van der Waals surface area contributed by atoms with Gasteiger partial charge in [-0.2, -0.15) is 0 Å². The Morgan fingerprint density at radius 3 is 2.71 bits per heavy atom. The Morgan fingerprint density at radius 2 is 2.10 bits per heavy atom. The maximum atomic E-state index is 6.13. The highest BCUT2D eigenvalue weighted by Crippen LogP contribution is 2.29. The van der Waals surface area contributed by atoms with Gasteiger partial charge in [0, 0.05) is 17.7 Å². The van der Waals surface area contributed by atoms with Gasteiger partial charge in [0.25, 0.3) is 0 Å². The average Bonchev–Trinajstić information content (AvgIpc) is 2.45. The van der Waals surface area contributed by atoms with Crippen LogP contribution in [0.25, 0.3) is 0 Å². The highest BCUT2D eigenvalue weighted by atomic mass is 35.5. The maximum Gasteiger partial charge on any atom is 0.139 e. The van der Waals surface area contributed by atoms with Gasteiger partial charge in [-0.3, -0.25) is 0 Å². The molecule has 0 spiro atoms. The predicted octanol–water partition coefficient (Wildman–Crippen LogP) is 3.73. The number of nitrogens with two attached hydrogens (primary N) is 1. The Morgan fingerprint density at radius 1 is 1.33 bits per heavy atom. The minimum atomic E-state index is 0.496. The van der Waals surface area contributed by atoms with Crippen LogP contribution in [0, 0.1) is 6.92 Å². The van der Waals surface area contributed by atoms with Crippen LogP contribution in [0.15, 0.2) is 18.2 Å². The molecule has 0 aliphatic heterocycles. The summed E-state index contributed by atoms with van der Waals surface area (Å²) in [6.07, 6.45) is 1.76. The van der Waals surface area contributed by atoms with Crippen LogP contribution >= 0.6 is 11.6 Å². The van der Waals surface area contributed by atoms with Crippen LogP contribution in [-0.2, 0) is 6.42 Å². The Hall–Kier alpha value is -2.01. The summed E-state index contributed by atoms with van der Waals surface area (Å²) >= 11 is 6.13. The van der Waals surface area contributed by atoms with Crippen molar-refractivity contribution < 1.29 is 4.74 Å². The zero-order valence-electron chi connectivity index (χ0n) is 12.4. The molecule has 112 valence electrons. The number of aryl methyl sites for hydroxylation is 1. The largest absolute Gasteiger partial charge is 0.495 e. The number of nitrogen functional groups attached to an aromatic ring is 1. The number of anilines is 3. The number of nitrogens with zero attached hydrogens (tertiary/aromatic N) is 2. The molecule has 0 saturated heterocycles. The molecule has 0 radical (unpaired) electrons. The molecule has 2 rings (SSSR count). The molecular formula is C15H19ClN4O. The highest BCUT2D eigenvalue weighted by molar-refractivity contribution is 6.32. The molecule has 0 aliphatic rings. The molecule has 0 atom stereocenters. The lowest BCUT2D eigenvalue weighted by Crippen LogP contribution is -2.07. The molecule has 21 heavy (non-hydrogen) atoms. The SMILES string of the molecule is CCCc1nc(N)c(C)c(Nc2ccc(OC)c(Cl)c2)n1. The molecule has 5 nitrogen and oxygen atoms in total. The van der Waals surface area contributed by atoms with Crippen molar-refractivity contribution in [1.82, 2.24) is 9.97 Å². The van der Waals surface area contributed by atoms with E-state index in [9.17, 15) is 0 Å². The summed E-state index contributed by atoms with van der Waals surface area (Å²) in [6, 6.07) is 5.47. The van der Waals surface area contributed by atoms with Crippen LogP contribution in [0.2, 0.25) is 5.02 Å². The summed E-state index contributed by atoms with van der Waals surface area (Å²) in [5, 5.41) is 3.77. The van der Waals surface area contributed by atoms with Crippen molar-refractivity contribution in [3.05, 3.63) is 34.6 Å². The molecule has 0 aliphatic carbocycles. The minimum Gasteiger partial charge on any atom is -0.495 e. The van der Waals surface area contributed by atoms with Gasteiger partial charge < -0.3 is 15.8 Å². The van der Waals surface area contributed by atoms with Crippen LogP contribution in [-0.4, -0.2) is 17.1 Å². The van der Waals surface area contributed by atoms with Crippen molar-refractivity contribution >= 4 is 28.9 Å². The highest BCUT2D eigenvalue weighted by Gasteiger charge is 2.10. The van der Waals surface area contributed by atoms with E-state index in [-0.39, 0.29) is 0 Å². The molecule has 2 aromatic rings. The topological polar surface area (TPSA) is 73.1 Å². The molecule has 1 aromatic carbocycles. The van der Waals surface area contributed by atoms with Gasteiger partial charge >= 0.3 is 0 Å². The van der Waals surface area contributed by atoms with Gasteiger partial charge in [0.15, 0.2) is 0 Å². The standard InChI is InChI=1S/C15H19ClN4O/c1-4-5-13-19-14(17)9(2)15(20-13)18-10-6-7-12(21-3)11(16)8-10/h6-8H,4-5H2,1-3H3,(H3,17,18,19,20). The van der Waals surface area contributed by atoms with E-state index in [4.69, 9.17) is 22.1 Å². The van der Waals surface area contributed by atoms with Crippen molar-refractivity contribution in [3.8, 4) is 5.75 Å². The molecule has 0 saturated carbocycles. The quantitative estimate of drug-likeness (QED) is 0.880. The summed E-state index contributed by atoms with van der Waals surface area (Å²) in [7, 11) is 1.58. The summed E-state index contributed by atoms with van der Waals surface area (Å²) < 4.78 is 5.14. The van der Waals surface area contributed by atoms with Crippen LogP contribution < -0.4 is 15.8 Å². The lowest BCUT2D eigenvalue weighted by molar-refractivity contribution is 0.415. The molecule has 3 N–H and O–H groups in total. The van der Waals surface area contributed by atoms with E-state index in [0.717, 1.165) is 29.9 Å². The van der Waals surface area contributed by atoms with Crippen LogP contribution in [0.4, 0.5) is 17.3 Å². The summed E-state index contributed by atoms with van der Waals surface area (Å²) in [5.74, 6) is 2.57. The third-order valence-corrected chi connectivity index (χ3v) is 3.41. The lowest BCUT2D eigenvalue weighted by Gasteiger charge is -2.13. The van der Waals surface area contributed by atoms with Gasteiger partial charge in [-0.25, -0.2) is 9.97 Å². The molecule has 0 amide bonds. The molecule has 1 aromatic heterocycles. The Labute approximate surface area is 129 Å². The van der Waals surface area contributed by atoms with Gasteiger partial charge in [-0.1, -0.05) is 18.5 Å². The van der Waals surface area contributed by atoms with Crippen molar-refractivity contribution in [3.63, 3.8) is 0 Å². The smallest absolute Gasteiger partial charge is 0.139 e. The zero-order valence-corrected chi connectivity index (χ0v) is 13.2. The van der Waals surface area contributed by atoms with E-state index < -0.39 is 0 Å². The Kier molecular flexibility index (Phi) is 4.85. The van der Waals surface area contributed by atoms with Crippen molar-refractivity contribution in [2.45, 2.75) is 26.7 Å². The fraction of sp³-hybridized carbons (Fsp3) is 0.333. The molecule has 0 unspecified atom stereocenters. The van der Waals surface area contributed by atoms with Crippen molar-refractivity contribution in [2.75, 3.05) is 18.2 Å². The molecule has 6 heteroatoms. The van der Waals surface area contributed by atoms with Crippen molar-refractivity contribution in [2.24, 2.45) is 0 Å². The van der Waals surface area contributed by atoms with Crippen LogP contribution in [0.3, 0.4) is 0 Å². The number of ether oxygens (including phenoxy) is 1. The number of methoxy groups -OCH3 is 1. The van der Waals surface area contributed by atoms with E-state index in [2.05, 4.69) is 22.2 Å². The number of benzene rings is 1. The van der Waals surface area contributed by atoms with Gasteiger partial charge in [-0.05, 0) is 31.5 Å². The first-order chi connectivity index (χ1) is 10.0. The fourth-order valence-electron chi connectivity index (χ4n) is 1.92. The van der Waals surface area contributed by atoms with Crippen LogP contribution in [0.5, 0.6) is 5.75 Å². The van der Waals surface area contributed by atoms with E-state index in [1.54, 1.807) is 19.2 Å². The zero-order chi connectivity index (χ0) is 15.4. The summed E-state index contributed by atoms with van der Waals surface area (Å²) in [6.45, 7) is 3.97.